The molecule has 1 saturated heterocycles. The molecule has 1 aromatic heterocycles. The number of rotatable bonds is 9. The molecule has 0 atom stereocenters. The van der Waals surface area contributed by atoms with Crippen molar-refractivity contribution >= 4 is 39.7 Å². The molecule has 3 aromatic rings. The Bertz CT molecular complexity index is 1000. The fraction of sp³-hybridized carbons (Fsp3) is 0.250. The average Bonchev–Trinajstić information content (AvgIpc) is 3.21. The first-order valence-corrected chi connectivity index (χ1v) is 11.2. The van der Waals surface area contributed by atoms with Gasteiger partial charge in [-0.1, -0.05) is 45.7 Å². The highest BCUT2D eigenvalue weighted by molar-refractivity contribution is 9.10. The molecule has 0 aliphatic carbocycles. The van der Waals surface area contributed by atoms with Crippen molar-refractivity contribution in [1.29, 1.82) is 0 Å². The van der Waals surface area contributed by atoms with Gasteiger partial charge in [-0.25, -0.2) is 0 Å². The summed E-state index contributed by atoms with van der Waals surface area (Å²) >= 11 is 9.60. The lowest BCUT2D eigenvalue weighted by Crippen LogP contribution is -2.47. The summed E-state index contributed by atoms with van der Waals surface area (Å²) in [5.41, 5.74) is 3.31. The van der Waals surface area contributed by atoms with Gasteiger partial charge in [0.25, 0.3) is 0 Å². The quantitative estimate of drug-likeness (QED) is 0.403. The van der Waals surface area contributed by atoms with E-state index in [1.807, 2.05) is 48.6 Å². The van der Waals surface area contributed by atoms with E-state index in [1.165, 1.54) is 5.56 Å². The Balaban J connectivity index is 1.47. The molecule has 2 N–H and O–H groups in total. The SMILES string of the molecule is Clc1ccc(COc2cc(C=Cc3ccco3)cc(CNCC3CNC3)c2)c(Br)c1. The second-order valence-electron chi connectivity index (χ2n) is 7.44. The summed E-state index contributed by atoms with van der Waals surface area (Å²) in [5.74, 6) is 2.38. The van der Waals surface area contributed by atoms with Gasteiger partial charge in [-0.05, 0) is 59.5 Å². The van der Waals surface area contributed by atoms with Crippen LogP contribution in [-0.4, -0.2) is 19.6 Å². The van der Waals surface area contributed by atoms with E-state index in [2.05, 4.69) is 38.7 Å². The van der Waals surface area contributed by atoms with Gasteiger partial charge in [-0.2, -0.15) is 0 Å². The third-order valence-electron chi connectivity index (χ3n) is 5.01. The van der Waals surface area contributed by atoms with Crippen molar-refractivity contribution in [1.82, 2.24) is 10.6 Å². The monoisotopic (exact) mass is 486 g/mol. The number of hydrogen-bond donors (Lipinski definition) is 2. The van der Waals surface area contributed by atoms with Gasteiger partial charge in [0.15, 0.2) is 0 Å². The first-order chi connectivity index (χ1) is 14.7. The van der Waals surface area contributed by atoms with E-state index in [9.17, 15) is 0 Å². The summed E-state index contributed by atoms with van der Waals surface area (Å²) in [6.45, 7) is 4.49. The van der Waals surface area contributed by atoms with E-state index in [0.717, 1.165) is 59.2 Å². The number of nitrogens with one attached hydrogen (secondary N) is 2. The smallest absolute Gasteiger partial charge is 0.126 e. The van der Waals surface area contributed by atoms with E-state index in [0.29, 0.717) is 11.6 Å². The predicted octanol–water partition coefficient (Wildman–Crippen LogP) is 5.75. The molecule has 6 heteroatoms. The lowest BCUT2D eigenvalue weighted by molar-refractivity contribution is 0.304. The zero-order valence-corrected chi connectivity index (χ0v) is 18.9. The molecule has 1 aliphatic heterocycles. The Kier molecular flexibility index (Phi) is 7.28. The molecule has 2 heterocycles. The van der Waals surface area contributed by atoms with Crippen LogP contribution in [0.15, 0.2) is 63.7 Å². The molecule has 0 unspecified atom stereocenters. The van der Waals surface area contributed by atoms with E-state index < -0.39 is 0 Å². The molecule has 4 rings (SSSR count). The van der Waals surface area contributed by atoms with Gasteiger partial charge >= 0.3 is 0 Å². The van der Waals surface area contributed by atoms with Crippen LogP contribution >= 0.6 is 27.5 Å². The third-order valence-corrected chi connectivity index (χ3v) is 5.98. The van der Waals surface area contributed by atoms with Gasteiger partial charge in [-0.15, -0.1) is 0 Å². The van der Waals surface area contributed by atoms with Crippen LogP contribution in [0.5, 0.6) is 5.75 Å². The van der Waals surface area contributed by atoms with Crippen molar-refractivity contribution in [3.63, 3.8) is 0 Å². The highest BCUT2D eigenvalue weighted by atomic mass is 79.9. The second kappa shape index (κ2) is 10.3. The maximum atomic E-state index is 6.12. The highest BCUT2D eigenvalue weighted by Crippen LogP contribution is 2.25. The van der Waals surface area contributed by atoms with Gasteiger partial charge < -0.3 is 19.8 Å². The number of hydrogen-bond acceptors (Lipinski definition) is 4. The van der Waals surface area contributed by atoms with Crippen molar-refractivity contribution in [2.45, 2.75) is 13.2 Å². The molecule has 0 spiro atoms. The summed E-state index contributed by atoms with van der Waals surface area (Å²) in [5, 5.41) is 7.56. The Labute approximate surface area is 190 Å². The molecule has 0 radical (unpaired) electrons. The maximum Gasteiger partial charge on any atom is 0.126 e. The predicted molar refractivity (Wildman–Crippen MR) is 126 cm³/mol. The van der Waals surface area contributed by atoms with Gasteiger partial charge in [0.2, 0.25) is 0 Å². The van der Waals surface area contributed by atoms with Crippen molar-refractivity contribution in [3.8, 4) is 5.75 Å². The van der Waals surface area contributed by atoms with Crippen molar-refractivity contribution in [3.05, 3.63) is 86.7 Å². The summed E-state index contributed by atoms with van der Waals surface area (Å²) in [4.78, 5) is 0. The zero-order valence-electron chi connectivity index (χ0n) is 16.5. The van der Waals surface area contributed by atoms with Crippen molar-refractivity contribution in [2.75, 3.05) is 19.6 Å². The molecular formula is C24H24BrClN2O2. The van der Waals surface area contributed by atoms with E-state index in [4.69, 9.17) is 20.8 Å². The summed E-state index contributed by atoms with van der Waals surface area (Å²) < 4.78 is 12.5. The van der Waals surface area contributed by atoms with Crippen molar-refractivity contribution < 1.29 is 9.15 Å². The third kappa shape index (κ3) is 5.99. The van der Waals surface area contributed by atoms with E-state index >= 15 is 0 Å². The van der Waals surface area contributed by atoms with Crippen LogP contribution in [0, 0.1) is 5.92 Å². The minimum absolute atomic E-state index is 0.462. The van der Waals surface area contributed by atoms with Crippen molar-refractivity contribution in [2.24, 2.45) is 5.92 Å². The first-order valence-electron chi connectivity index (χ1n) is 9.99. The summed E-state index contributed by atoms with van der Waals surface area (Å²) in [6, 6.07) is 15.9. The molecule has 30 heavy (non-hydrogen) atoms. The topological polar surface area (TPSA) is 46.4 Å². The van der Waals surface area contributed by atoms with Gasteiger partial charge in [-0.3, -0.25) is 0 Å². The minimum Gasteiger partial charge on any atom is -0.489 e. The number of ether oxygens (including phenoxy) is 1. The fourth-order valence-electron chi connectivity index (χ4n) is 3.25. The molecule has 0 bridgehead atoms. The largest absolute Gasteiger partial charge is 0.489 e. The molecule has 1 aliphatic rings. The minimum atomic E-state index is 0.462. The van der Waals surface area contributed by atoms with Gasteiger partial charge in [0.1, 0.15) is 18.1 Å². The first kappa shape index (κ1) is 21.2. The summed E-state index contributed by atoms with van der Waals surface area (Å²) in [6.07, 6.45) is 5.68. The van der Waals surface area contributed by atoms with Crippen LogP contribution in [0.2, 0.25) is 5.02 Å². The van der Waals surface area contributed by atoms with Crippen LogP contribution < -0.4 is 15.4 Å². The second-order valence-corrected chi connectivity index (χ2v) is 8.73. The Hall–Kier alpha value is -2.05. The fourth-order valence-corrected chi connectivity index (χ4v) is 4.04. The van der Waals surface area contributed by atoms with Gasteiger partial charge in [0.05, 0.1) is 6.26 Å². The van der Waals surface area contributed by atoms with Crippen LogP contribution in [0.1, 0.15) is 22.5 Å². The zero-order chi connectivity index (χ0) is 20.8. The van der Waals surface area contributed by atoms with Crippen LogP contribution in [0.4, 0.5) is 0 Å². The average molecular weight is 488 g/mol. The highest BCUT2D eigenvalue weighted by Gasteiger charge is 2.15. The molecule has 0 amide bonds. The number of furan rings is 1. The number of halogens is 2. The standard InChI is InChI=1S/C24H24BrClN2O2/c25-24-11-21(26)5-4-20(24)16-30-23-9-17(3-6-22-2-1-7-29-22)8-18(10-23)12-27-13-19-14-28-15-19/h1-11,19,27-28H,12-16H2. The Morgan fingerprint density at radius 3 is 2.80 bits per heavy atom. The van der Waals surface area contributed by atoms with Crippen LogP contribution in [0.3, 0.4) is 0 Å². The molecule has 4 nitrogen and oxygen atoms in total. The lowest BCUT2D eigenvalue weighted by Gasteiger charge is -2.27. The lowest BCUT2D eigenvalue weighted by atomic mass is 10.0. The van der Waals surface area contributed by atoms with E-state index in [1.54, 1.807) is 6.26 Å². The Morgan fingerprint density at radius 2 is 2.07 bits per heavy atom. The number of benzene rings is 2. The normalized spacial score (nSPS) is 14.2. The molecule has 0 saturated carbocycles. The molecule has 2 aromatic carbocycles. The molecule has 156 valence electrons. The van der Waals surface area contributed by atoms with Gasteiger partial charge in [0, 0.05) is 41.2 Å². The molecule has 1 fully saturated rings. The Morgan fingerprint density at radius 1 is 1.17 bits per heavy atom. The van der Waals surface area contributed by atoms with Crippen LogP contribution in [-0.2, 0) is 13.2 Å². The molecular weight excluding hydrogens is 464 g/mol. The maximum absolute atomic E-state index is 6.12. The summed E-state index contributed by atoms with van der Waals surface area (Å²) in [7, 11) is 0. The van der Waals surface area contributed by atoms with Crippen LogP contribution in [0.25, 0.3) is 12.2 Å². The van der Waals surface area contributed by atoms with E-state index in [-0.39, 0.29) is 0 Å².